The van der Waals surface area contributed by atoms with E-state index in [2.05, 4.69) is 42.3 Å². The molecule has 0 saturated carbocycles. The molecule has 36 heavy (non-hydrogen) atoms. The quantitative estimate of drug-likeness (QED) is 0.541. The number of likely N-dealkylation sites (tertiary alicyclic amines) is 1. The van der Waals surface area contributed by atoms with Crippen molar-refractivity contribution < 1.29 is 14.3 Å². The summed E-state index contributed by atoms with van der Waals surface area (Å²) in [6.45, 7) is 9.67. The van der Waals surface area contributed by atoms with Gasteiger partial charge in [0.25, 0.3) is 5.91 Å². The van der Waals surface area contributed by atoms with Crippen molar-refractivity contribution in [2.75, 3.05) is 32.8 Å². The SMILES string of the molecule is CC(C)CN1CCCC(c2ccc3c(c2)CC[C@H](NC(=O)c2ccc(OC[C@@H]4CCCO4)cc2)C3)C1. The molecule has 2 aromatic carbocycles. The third-order valence-electron chi connectivity index (χ3n) is 7.97. The van der Waals surface area contributed by atoms with E-state index in [1.807, 2.05) is 24.3 Å². The minimum Gasteiger partial charge on any atom is -0.491 e. The third-order valence-corrected chi connectivity index (χ3v) is 7.97. The van der Waals surface area contributed by atoms with Crippen LogP contribution >= 0.6 is 0 Å². The van der Waals surface area contributed by atoms with E-state index in [0.717, 1.165) is 50.4 Å². The molecule has 5 rings (SSSR count). The van der Waals surface area contributed by atoms with E-state index in [-0.39, 0.29) is 18.1 Å². The Bertz CT molecular complexity index is 1010. The lowest BCUT2D eigenvalue weighted by Crippen LogP contribution is -2.39. The van der Waals surface area contributed by atoms with Crippen LogP contribution in [0.3, 0.4) is 0 Å². The molecular weight excluding hydrogens is 448 g/mol. The Morgan fingerprint density at radius 2 is 1.94 bits per heavy atom. The lowest BCUT2D eigenvalue weighted by molar-refractivity contribution is 0.0679. The van der Waals surface area contributed by atoms with Crippen molar-refractivity contribution in [1.82, 2.24) is 10.2 Å². The van der Waals surface area contributed by atoms with E-state index in [1.165, 1.54) is 49.2 Å². The minimum absolute atomic E-state index is 0.00167. The average Bonchev–Trinajstić information content (AvgIpc) is 3.41. The van der Waals surface area contributed by atoms with Gasteiger partial charge in [0.05, 0.1) is 6.10 Å². The molecule has 0 spiro atoms. The highest BCUT2D eigenvalue weighted by molar-refractivity contribution is 5.94. The van der Waals surface area contributed by atoms with Crippen molar-refractivity contribution in [2.45, 2.75) is 76.9 Å². The number of carbonyl (C=O) groups excluding carboxylic acids is 1. The highest BCUT2D eigenvalue weighted by atomic mass is 16.5. The Balaban J connectivity index is 1.13. The first-order valence-corrected chi connectivity index (χ1v) is 14.0. The molecular formula is C31H42N2O3. The van der Waals surface area contributed by atoms with E-state index in [0.29, 0.717) is 18.1 Å². The number of aryl methyl sites for hydroxylation is 1. The van der Waals surface area contributed by atoms with Gasteiger partial charge in [0, 0.05) is 31.3 Å². The first kappa shape index (κ1) is 25.3. The second kappa shape index (κ2) is 11.8. The number of fused-ring (bicyclic) bond motifs is 1. The first-order chi connectivity index (χ1) is 17.5. The molecule has 194 valence electrons. The molecule has 5 nitrogen and oxygen atoms in total. The molecule has 0 radical (unpaired) electrons. The number of ether oxygens (including phenoxy) is 2. The number of piperidine rings is 1. The van der Waals surface area contributed by atoms with Crippen molar-refractivity contribution in [3.63, 3.8) is 0 Å². The van der Waals surface area contributed by atoms with E-state index >= 15 is 0 Å². The van der Waals surface area contributed by atoms with Gasteiger partial charge < -0.3 is 19.7 Å². The molecule has 0 aromatic heterocycles. The van der Waals surface area contributed by atoms with Crippen LogP contribution in [0.4, 0.5) is 0 Å². The topological polar surface area (TPSA) is 50.8 Å². The van der Waals surface area contributed by atoms with E-state index < -0.39 is 0 Å². The summed E-state index contributed by atoms with van der Waals surface area (Å²) in [5.41, 5.74) is 5.06. The zero-order chi connectivity index (χ0) is 24.9. The maximum absolute atomic E-state index is 12.9. The maximum atomic E-state index is 12.9. The standard InChI is InChI=1S/C31H42N2O3/c1-22(2)19-33-15-3-5-27(20-33)25-7-8-26-18-28(12-9-24(26)17-25)32-31(34)23-10-13-29(14-11-23)36-21-30-6-4-16-35-30/h7-8,10-11,13-14,17,22,27-28,30H,3-6,9,12,15-16,18-21H2,1-2H3,(H,32,34)/t27?,28-,30-/m0/s1. The molecule has 2 fully saturated rings. The van der Waals surface area contributed by atoms with Crippen molar-refractivity contribution in [1.29, 1.82) is 0 Å². The zero-order valence-electron chi connectivity index (χ0n) is 22.0. The van der Waals surface area contributed by atoms with Crippen molar-refractivity contribution in [3.05, 3.63) is 64.7 Å². The van der Waals surface area contributed by atoms with Gasteiger partial charge in [-0.1, -0.05) is 32.0 Å². The van der Waals surface area contributed by atoms with Gasteiger partial charge in [0.15, 0.2) is 0 Å². The Morgan fingerprint density at radius 3 is 2.72 bits per heavy atom. The molecule has 3 atom stereocenters. The number of hydrogen-bond acceptors (Lipinski definition) is 4. The highest BCUT2D eigenvalue weighted by Crippen LogP contribution is 2.31. The summed E-state index contributed by atoms with van der Waals surface area (Å²) in [6, 6.07) is 14.8. The highest BCUT2D eigenvalue weighted by Gasteiger charge is 2.25. The van der Waals surface area contributed by atoms with Gasteiger partial charge in [-0.2, -0.15) is 0 Å². The first-order valence-electron chi connectivity index (χ1n) is 14.0. The molecule has 1 unspecified atom stereocenters. The van der Waals surface area contributed by atoms with Crippen molar-refractivity contribution in [3.8, 4) is 5.75 Å². The van der Waals surface area contributed by atoms with E-state index in [1.54, 1.807) is 0 Å². The molecule has 2 aliphatic heterocycles. The smallest absolute Gasteiger partial charge is 0.251 e. The molecule has 1 N–H and O–H groups in total. The normalized spacial score (nSPS) is 24.5. The predicted molar refractivity (Wildman–Crippen MR) is 144 cm³/mol. The number of amides is 1. The van der Waals surface area contributed by atoms with Crippen LogP contribution in [0.25, 0.3) is 0 Å². The van der Waals surface area contributed by atoms with Crippen LogP contribution < -0.4 is 10.1 Å². The summed E-state index contributed by atoms with van der Waals surface area (Å²) < 4.78 is 11.4. The Kier molecular flexibility index (Phi) is 8.28. The fourth-order valence-corrected chi connectivity index (χ4v) is 6.10. The largest absolute Gasteiger partial charge is 0.491 e. The van der Waals surface area contributed by atoms with Gasteiger partial charge in [0.2, 0.25) is 0 Å². The molecule has 3 aliphatic rings. The summed E-state index contributed by atoms with van der Waals surface area (Å²) in [6.07, 6.45) is 7.90. The molecule has 2 aromatic rings. The molecule has 2 saturated heterocycles. The monoisotopic (exact) mass is 490 g/mol. The van der Waals surface area contributed by atoms with Crippen LogP contribution in [0, 0.1) is 5.92 Å². The van der Waals surface area contributed by atoms with Gasteiger partial charge in [-0.3, -0.25) is 4.79 Å². The fourth-order valence-electron chi connectivity index (χ4n) is 6.10. The van der Waals surface area contributed by atoms with Crippen LogP contribution in [0.5, 0.6) is 5.75 Å². The molecule has 5 heteroatoms. The van der Waals surface area contributed by atoms with E-state index in [9.17, 15) is 4.79 Å². The Morgan fingerprint density at radius 1 is 1.08 bits per heavy atom. The van der Waals surface area contributed by atoms with Gasteiger partial charge in [0.1, 0.15) is 12.4 Å². The molecule has 2 heterocycles. The van der Waals surface area contributed by atoms with Crippen molar-refractivity contribution in [2.24, 2.45) is 5.92 Å². The minimum atomic E-state index is -0.00167. The Hall–Kier alpha value is -2.37. The molecule has 1 amide bonds. The molecule has 1 aliphatic carbocycles. The van der Waals surface area contributed by atoms with Crippen LogP contribution in [-0.4, -0.2) is 55.8 Å². The average molecular weight is 491 g/mol. The summed E-state index contributed by atoms with van der Waals surface area (Å²) in [5.74, 6) is 2.16. The lowest BCUT2D eigenvalue weighted by Gasteiger charge is -2.34. The number of benzene rings is 2. The second-order valence-corrected chi connectivity index (χ2v) is 11.4. The van der Waals surface area contributed by atoms with Crippen LogP contribution in [-0.2, 0) is 17.6 Å². The number of nitrogens with zero attached hydrogens (tertiary/aromatic N) is 1. The number of rotatable bonds is 8. The lowest BCUT2D eigenvalue weighted by atomic mass is 9.83. The van der Waals surface area contributed by atoms with Crippen LogP contribution in [0.1, 0.15) is 78.9 Å². The van der Waals surface area contributed by atoms with E-state index in [4.69, 9.17) is 9.47 Å². The predicted octanol–water partition coefficient (Wildman–Crippen LogP) is 5.37. The number of carbonyl (C=O) groups is 1. The van der Waals surface area contributed by atoms with Gasteiger partial charge in [-0.05, 0) is 104 Å². The number of nitrogens with one attached hydrogen (secondary N) is 1. The van der Waals surface area contributed by atoms with Gasteiger partial charge in [-0.15, -0.1) is 0 Å². The summed E-state index contributed by atoms with van der Waals surface area (Å²) in [5, 5.41) is 3.27. The third kappa shape index (κ3) is 6.49. The van der Waals surface area contributed by atoms with Crippen LogP contribution in [0.2, 0.25) is 0 Å². The van der Waals surface area contributed by atoms with Crippen molar-refractivity contribution >= 4 is 5.91 Å². The van der Waals surface area contributed by atoms with Gasteiger partial charge >= 0.3 is 0 Å². The molecule has 0 bridgehead atoms. The summed E-state index contributed by atoms with van der Waals surface area (Å²) in [7, 11) is 0. The Labute approximate surface area is 216 Å². The maximum Gasteiger partial charge on any atom is 0.251 e. The summed E-state index contributed by atoms with van der Waals surface area (Å²) in [4.78, 5) is 15.5. The fraction of sp³-hybridized carbons (Fsp3) is 0.581. The number of hydrogen-bond donors (Lipinski definition) is 1. The second-order valence-electron chi connectivity index (χ2n) is 11.4. The van der Waals surface area contributed by atoms with Gasteiger partial charge in [-0.25, -0.2) is 0 Å². The zero-order valence-corrected chi connectivity index (χ0v) is 22.0. The van der Waals surface area contributed by atoms with Crippen LogP contribution in [0.15, 0.2) is 42.5 Å². The summed E-state index contributed by atoms with van der Waals surface area (Å²) >= 11 is 0.